The number of hydrogen-bond acceptors (Lipinski definition) is 2. The summed E-state index contributed by atoms with van der Waals surface area (Å²) in [4.78, 5) is 9.32. The number of aromatic amines is 1. The van der Waals surface area contributed by atoms with Crippen LogP contribution in [0.25, 0.3) is 11.3 Å². The first-order valence-electron chi connectivity index (χ1n) is 4.98. The molecule has 0 fully saturated rings. The molecule has 3 nitrogen and oxygen atoms in total. The molecule has 78 valence electrons. The fourth-order valence-corrected chi connectivity index (χ4v) is 1.56. The molecular weight excluding hydrogens is 186 g/mol. The number of benzene rings is 1. The zero-order valence-electron chi connectivity index (χ0n) is 9.07. The lowest BCUT2D eigenvalue weighted by Crippen LogP contribution is -2.10. The fourth-order valence-electron chi connectivity index (χ4n) is 1.56. The van der Waals surface area contributed by atoms with Gasteiger partial charge in [-0.25, -0.2) is 4.98 Å². The average Bonchev–Trinajstić information content (AvgIpc) is 2.71. The summed E-state index contributed by atoms with van der Waals surface area (Å²) >= 11 is 0. The van der Waals surface area contributed by atoms with Gasteiger partial charge in [-0.3, -0.25) is 0 Å². The molecule has 0 bridgehead atoms. The molecule has 0 radical (unpaired) electrons. The van der Waals surface area contributed by atoms with Gasteiger partial charge in [-0.05, 0) is 19.7 Å². The van der Waals surface area contributed by atoms with Gasteiger partial charge in [0.15, 0.2) is 0 Å². The van der Waals surface area contributed by atoms with Crippen LogP contribution in [-0.4, -0.2) is 29.0 Å². The molecule has 0 spiro atoms. The van der Waals surface area contributed by atoms with Crippen LogP contribution in [0.15, 0.2) is 36.8 Å². The van der Waals surface area contributed by atoms with E-state index in [1.165, 1.54) is 5.56 Å². The first kappa shape index (κ1) is 9.93. The first-order chi connectivity index (χ1) is 7.25. The first-order valence-corrected chi connectivity index (χ1v) is 4.98. The molecule has 0 saturated carbocycles. The van der Waals surface area contributed by atoms with Crippen LogP contribution in [0, 0.1) is 0 Å². The zero-order chi connectivity index (χ0) is 10.7. The lowest BCUT2D eigenvalue weighted by atomic mass is 10.1. The summed E-state index contributed by atoms with van der Waals surface area (Å²) in [6, 6.07) is 8.50. The third-order valence-electron chi connectivity index (χ3n) is 2.25. The molecule has 1 aromatic carbocycles. The molecule has 2 rings (SSSR count). The van der Waals surface area contributed by atoms with Crippen molar-refractivity contribution in [1.82, 2.24) is 14.9 Å². The Labute approximate surface area is 89.8 Å². The van der Waals surface area contributed by atoms with Crippen LogP contribution >= 0.6 is 0 Å². The Morgan fingerprint density at radius 3 is 2.47 bits per heavy atom. The topological polar surface area (TPSA) is 31.9 Å². The predicted octanol–water partition coefficient (Wildman–Crippen LogP) is 2.14. The van der Waals surface area contributed by atoms with Crippen LogP contribution in [0.4, 0.5) is 0 Å². The molecule has 0 aliphatic carbocycles. The van der Waals surface area contributed by atoms with E-state index in [2.05, 4.69) is 53.2 Å². The van der Waals surface area contributed by atoms with Gasteiger partial charge in [-0.2, -0.15) is 0 Å². The maximum absolute atomic E-state index is 4.21. The highest BCUT2D eigenvalue weighted by Crippen LogP contribution is 2.16. The van der Waals surface area contributed by atoms with E-state index in [9.17, 15) is 0 Å². The average molecular weight is 201 g/mol. The predicted molar refractivity (Wildman–Crippen MR) is 61.4 cm³/mol. The van der Waals surface area contributed by atoms with Gasteiger partial charge in [0.05, 0.1) is 12.0 Å². The van der Waals surface area contributed by atoms with Gasteiger partial charge in [0, 0.05) is 18.3 Å². The quantitative estimate of drug-likeness (QED) is 0.825. The van der Waals surface area contributed by atoms with Gasteiger partial charge in [-0.1, -0.05) is 24.3 Å². The summed E-state index contributed by atoms with van der Waals surface area (Å²) in [5.74, 6) is 0. The Balaban J connectivity index is 2.17. The molecule has 1 aromatic heterocycles. The summed E-state index contributed by atoms with van der Waals surface area (Å²) in [5.41, 5.74) is 3.46. The highest BCUT2D eigenvalue weighted by molar-refractivity contribution is 5.58. The third-order valence-corrected chi connectivity index (χ3v) is 2.25. The monoisotopic (exact) mass is 201 g/mol. The summed E-state index contributed by atoms with van der Waals surface area (Å²) in [6.45, 7) is 0.973. The van der Waals surface area contributed by atoms with Crippen molar-refractivity contribution in [2.75, 3.05) is 14.1 Å². The molecule has 0 saturated heterocycles. The second-order valence-electron chi connectivity index (χ2n) is 3.89. The van der Waals surface area contributed by atoms with E-state index in [1.54, 1.807) is 6.33 Å². The van der Waals surface area contributed by atoms with E-state index in [4.69, 9.17) is 0 Å². The Bertz CT molecular complexity index is 401. The van der Waals surface area contributed by atoms with E-state index in [1.807, 2.05) is 6.20 Å². The number of rotatable bonds is 3. The largest absolute Gasteiger partial charge is 0.351 e. The van der Waals surface area contributed by atoms with Crippen LogP contribution in [-0.2, 0) is 6.54 Å². The number of hydrogen-bond donors (Lipinski definition) is 1. The molecule has 1 N–H and O–H groups in total. The van der Waals surface area contributed by atoms with E-state index in [0.717, 1.165) is 17.8 Å². The Morgan fingerprint density at radius 2 is 1.93 bits per heavy atom. The number of nitrogens with zero attached hydrogens (tertiary/aromatic N) is 2. The molecule has 0 aliphatic heterocycles. The van der Waals surface area contributed by atoms with Crippen molar-refractivity contribution in [3.8, 4) is 11.3 Å². The minimum absolute atomic E-state index is 0.973. The molecule has 0 amide bonds. The molecule has 3 heteroatoms. The van der Waals surface area contributed by atoms with Gasteiger partial charge in [0.1, 0.15) is 0 Å². The third kappa shape index (κ3) is 2.44. The molecule has 0 atom stereocenters. The number of H-pyrrole nitrogens is 1. The van der Waals surface area contributed by atoms with Crippen molar-refractivity contribution in [3.05, 3.63) is 42.4 Å². The lowest BCUT2D eigenvalue weighted by molar-refractivity contribution is 0.402. The van der Waals surface area contributed by atoms with Crippen LogP contribution in [0.5, 0.6) is 0 Å². The molecule has 1 heterocycles. The minimum Gasteiger partial charge on any atom is -0.351 e. The maximum atomic E-state index is 4.21. The van der Waals surface area contributed by atoms with Crippen molar-refractivity contribution < 1.29 is 0 Å². The van der Waals surface area contributed by atoms with Gasteiger partial charge in [0.2, 0.25) is 0 Å². The van der Waals surface area contributed by atoms with Crippen LogP contribution in [0.1, 0.15) is 5.56 Å². The normalized spacial score (nSPS) is 10.9. The smallest absolute Gasteiger partial charge is 0.0927 e. The SMILES string of the molecule is CN(C)Cc1ccc(-c2c[nH]cn2)cc1. The van der Waals surface area contributed by atoms with Crippen molar-refractivity contribution in [2.24, 2.45) is 0 Å². The van der Waals surface area contributed by atoms with Gasteiger partial charge >= 0.3 is 0 Å². The molecular formula is C12H15N3. The van der Waals surface area contributed by atoms with Crippen molar-refractivity contribution in [3.63, 3.8) is 0 Å². The standard InChI is InChI=1S/C12H15N3/c1-15(2)8-10-3-5-11(6-4-10)12-7-13-9-14-12/h3-7,9H,8H2,1-2H3,(H,13,14). The Morgan fingerprint density at radius 1 is 1.20 bits per heavy atom. The highest BCUT2D eigenvalue weighted by Gasteiger charge is 1.99. The summed E-state index contributed by atoms with van der Waals surface area (Å²) in [7, 11) is 4.14. The number of nitrogens with one attached hydrogen (secondary N) is 1. The molecule has 0 aliphatic rings. The van der Waals surface area contributed by atoms with Crippen molar-refractivity contribution in [1.29, 1.82) is 0 Å². The number of aromatic nitrogens is 2. The minimum atomic E-state index is 0.973. The van der Waals surface area contributed by atoms with Gasteiger partial charge < -0.3 is 9.88 Å². The molecule has 2 aromatic rings. The van der Waals surface area contributed by atoms with E-state index >= 15 is 0 Å². The second kappa shape index (κ2) is 4.28. The van der Waals surface area contributed by atoms with Crippen LogP contribution in [0.2, 0.25) is 0 Å². The molecule has 15 heavy (non-hydrogen) atoms. The van der Waals surface area contributed by atoms with Crippen LogP contribution in [0.3, 0.4) is 0 Å². The summed E-state index contributed by atoms with van der Waals surface area (Å²) in [6.07, 6.45) is 3.60. The lowest BCUT2D eigenvalue weighted by Gasteiger charge is -2.09. The zero-order valence-corrected chi connectivity index (χ0v) is 9.07. The fraction of sp³-hybridized carbons (Fsp3) is 0.250. The van der Waals surface area contributed by atoms with E-state index < -0.39 is 0 Å². The van der Waals surface area contributed by atoms with E-state index in [-0.39, 0.29) is 0 Å². The van der Waals surface area contributed by atoms with E-state index in [0.29, 0.717) is 0 Å². The highest BCUT2D eigenvalue weighted by atomic mass is 15.0. The maximum Gasteiger partial charge on any atom is 0.0927 e. The van der Waals surface area contributed by atoms with Gasteiger partial charge in [0.25, 0.3) is 0 Å². The van der Waals surface area contributed by atoms with Crippen LogP contribution < -0.4 is 0 Å². The second-order valence-corrected chi connectivity index (χ2v) is 3.89. The Hall–Kier alpha value is -1.61. The number of imidazole rings is 1. The van der Waals surface area contributed by atoms with Gasteiger partial charge in [-0.15, -0.1) is 0 Å². The van der Waals surface area contributed by atoms with Crippen molar-refractivity contribution >= 4 is 0 Å². The molecule has 0 unspecified atom stereocenters. The summed E-state index contributed by atoms with van der Waals surface area (Å²) in [5, 5.41) is 0. The Kier molecular flexibility index (Phi) is 2.83. The summed E-state index contributed by atoms with van der Waals surface area (Å²) < 4.78 is 0. The van der Waals surface area contributed by atoms with Crippen molar-refractivity contribution in [2.45, 2.75) is 6.54 Å².